The molecule has 0 aliphatic rings. The van der Waals surface area contributed by atoms with Gasteiger partial charge in [-0.2, -0.15) is 0 Å². The smallest absolute Gasteiger partial charge is 0.239 e. The van der Waals surface area contributed by atoms with E-state index in [0.29, 0.717) is 0 Å². The Bertz CT molecular complexity index is 392. The van der Waals surface area contributed by atoms with E-state index in [1.807, 2.05) is 9.44 Å². The zero-order valence-corrected chi connectivity index (χ0v) is 10.9. The van der Waals surface area contributed by atoms with Crippen LogP contribution in [0.25, 0.3) is 0 Å². The predicted molar refractivity (Wildman–Crippen MR) is 61.4 cm³/mol. The summed E-state index contributed by atoms with van der Waals surface area (Å²) in [5, 5.41) is 2.34. The lowest BCUT2D eigenvalue weighted by Crippen LogP contribution is -2.50. The Kier molecular flexibility index (Phi) is 5.06. The highest BCUT2D eigenvalue weighted by molar-refractivity contribution is 8.09. The molecule has 10 heteroatoms. The third-order valence-corrected chi connectivity index (χ3v) is 6.59. The summed E-state index contributed by atoms with van der Waals surface area (Å²) in [4.78, 5) is -0.293. The van der Waals surface area contributed by atoms with Gasteiger partial charge in [0, 0.05) is 7.05 Å². The van der Waals surface area contributed by atoms with Gasteiger partial charge in [0.15, 0.2) is 0 Å². The summed E-state index contributed by atoms with van der Waals surface area (Å²) in [6.07, 6.45) is 0. The van der Waals surface area contributed by atoms with Gasteiger partial charge in [-0.25, -0.2) is 26.3 Å². The van der Waals surface area contributed by atoms with Gasteiger partial charge >= 0.3 is 0 Å². The molecule has 0 fully saturated rings. The van der Waals surface area contributed by atoms with Crippen molar-refractivity contribution < 1.29 is 16.8 Å². The molecule has 0 unspecified atom stereocenters. The maximum Gasteiger partial charge on any atom is 0.239 e. The number of nitrogens with one attached hydrogen (secondary N) is 3. The van der Waals surface area contributed by atoms with E-state index in [4.69, 9.17) is 0 Å². The van der Waals surface area contributed by atoms with Crippen LogP contribution in [-0.2, 0) is 20.0 Å². The molecule has 0 amide bonds. The molecule has 0 rings (SSSR count). The monoisotopic (exact) mass is 275 g/mol. The Morgan fingerprint density at radius 2 is 1.33 bits per heavy atom. The number of thiocarbonyl (C=S) groups is 1. The van der Waals surface area contributed by atoms with Gasteiger partial charge < -0.3 is 5.32 Å². The molecular weight excluding hydrogens is 262 g/mol. The Morgan fingerprint density at radius 1 is 1.00 bits per heavy atom. The van der Waals surface area contributed by atoms with E-state index in [0.717, 1.165) is 14.1 Å². The maximum atomic E-state index is 11.4. The first-order valence-corrected chi connectivity index (χ1v) is 7.29. The van der Waals surface area contributed by atoms with Gasteiger partial charge in [0.25, 0.3) is 0 Å². The second-order valence-corrected chi connectivity index (χ2v) is 7.12. The topological polar surface area (TPSA) is 104 Å². The highest BCUT2D eigenvalue weighted by atomic mass is 32.3. The van der Waals surface area contributed by atoms with Crippen molar-refractivity contribution in [3.63, 3.8) is 0 Å². The first-order chi connectivity index (χ1) is 6.72. The van der Waals surface area contributed by atoms with Gasteiger partial charge in [-0.15, -0.1) is 0 Å². The van der Waals surface area contributed by atoms with Crippen LogP contribution in [0.2, 0.25) is 0 Å². The third kappa shape index (κ3) is 3.34. The fraction of sp³-hybridized carbons (Fsp3) is 0.800. The third-order valence-electron chi connectivity index (χ3n) is 1.59. The van der Waals surface area contributed by atoms with Crippen LogP contribution in [0.4, 0.5) is 0 Å². The van der Waals surface area contributed by atoms with Crippen molar-refractivity contribution in [2.45, 2.75) is 4.58 Å². The van der Waals surface area contributed by atoms with Crippen molar-refractivity contribution in [3.8, 4) is 0 Å². The molecule has 0 bridgehead atoms. The lowest BCUT2D eigenvalue weighted by molar-refractivity contribution is 0.575. The SMILES string of the molecule is CNC(=S)C(S(=O)(=O)NC)S(=O)(=O)NC. The number of rotatable bonds is 5. The van der Waals surface area contributed by atoms with Crippen molar-refractivity contribution in [3.05, 3.63) is 0 Å². The lowest BCUT2D eigenvalue weighted by Gasteiger charge is -2.17. The van der Waals surface area contributed by atoms with E-state index < -0.39 is 24.6 Å². The number of hydrogen-bond acceptors (Lipinski definition) is 5. The van der Waals surface area contributed by atoms with Crippen molar-refractivity contribution in [2.24, 2.45) is 0 Å². The molecule has 3 N–H and O–H groups in total. The average molecular weight is 275 g/mol. The molecule has 15 heavy (non-hydrogen) atoms. The fourth-order valence-electron chi connectivity index (χ4n) is 0.781. The molecule has 0 radical (unpaired) electrons. The summed E-state index contributed by atoms with van der Waals surface area (Å²) < 4.78 is 47.8. The first-order valence-electron chi connectivity index (χ1n) is 3.79. The van der Waals surface area contributed by atoms with Crippen LogP contribution in [0.5, 0.6) is 0 Å². The molecule has 0 heterocycles. The van der Waals surface area contributed by atoms with Crippen LogP contribution >= 0.6 is 12.2 Å². The van der Waals surface area contributed by atoms with Gasteiger partial charge in [-0.1, -0.05) is 12.2 Å². The van der Waals surface area contributed by atoms with Gasteiger partial charge in [-0.05, 0) is 14.1 Å². The molecule has 7 nitrogen and oxygen atoms in total. The number of sulfonamides is 2. The summed E-state index contributed by atoms with van der Waals surface area (Å²) in [5.41, 5.74) is 0. The van der Waals surface area contributed by atoms with Crippen molar-refractivity contribution in [1.29, 1.82) is 0 Å². The van der Waals surface area contributed by atoms with E-state index in [1.165, 1.54) is 7.05 Å². The van der Waals surface area contributed by atoms with Crippen LogP contribution in [0.1, 0.15) is 0 Å². The van der Waals surface area contributed by atoms with E-state index >= 15 is 0 Å². The minimum atomic E-state index is -4.05. The van der Waals surface area contributed by atoms with Crippen LogP contribution in [0, 0.1) is 0 Å². The normalized spacial score (nSPS) is 12.8. The summed E-state index contributed by atoms with van der Waals surface area (Å²) in [6.45, 7) is 0. The first kappa shape index (κ1) is 14.7. The summed E-state index contributed by atoms with van der Waals surface area (Å²) in [7, 11) is -4.50. The lowest BCUT2D eigenvalue weighted by atomic mass is 10.7. The van der Waals surface area contributed by atoms with Crippen molar-refractivity contribution >= 4 is 37.3 Å². The summed E-state index contributed by atoms with van der Waals surface area (Å²) in [5.74, 6) is 0. The molecule has 0 spiro atoms. The molecule has 0 atom stereocenters. The summed E-state index contributed by atoms with van der Waals surface area (Å²) in [6, 6.07) is 0. The largest absolute Gasteiger partial charge is 0.381 e. The molecule has 0 aromatic carbocycles. The molecule has 0 aliphatic carbocycles. The molecule has 0 saturated carbocycles. The Morgan fingerprint density at radius 3 is 1.53 bits per heavy atom. The van der Waals surface area contributed by atoms with Crippen LogP contribution in [-0.4, -0.2) is 47.5 Å². The van der Waals surface area contributed by atoms with Gasteiger partial charge in [0.1, 0.15) is 4.99 Å². The van der Waals surface area contributed by atoms with E-state index in [1.54, 1.807) is 0 Å². The Labute approximate surface area is 94.7 Å². The predicted octanol–water partition coefficient (Wildman–Crippen LogP) is -2.04. The second-order valence-electron chi connectivity index (χ2n) is 2.44. The average Bonchev–Trinajstić information content (AvgIpc) is 2.17. The molecule has 90 valence electrons. The molecule has 0 saturated heterocycles. The molecule has 0 aliphatic heterocycles. The van der Waals surface area contributed by atoms with Crippen LogP contribution in [0.3, 0.4) is 0 Å². The maximum absolute atomic E-state index is 11.4. The highest BCUT2D eigenvalue weighted by Gasteiger charge is 2.39. The quantitative estimate of drug-likeness (QED) is 0.499. The van der Waals surface area contributed by atoms with Gasteiger partial charge in [0.05, 0.1) is 0 Å². The van der Waals surface area contributed by atoms with E-state index in [9.17, 15) is 16.8 Å². The Hall–Kier alpha value is -0.290. The van der Waals surface area contributed by atoms with Crippen LogP contribution in [0.15, 0.2) is 0 Å². The van der Waals surface area contributed by atoms with E-state index in [-0.39, 0.29) is 4.99 Å². The van der Waals surface area contributed by atoms with Gasteiger partial charge in [0.2, 0.25) is 24.6 Å². The molecular formula is C5H13N3O4S3. The van der Waals surface area contributed by atoms with Crippen molar-refractivity contribution in [2.75, 3.05) is 21.1 Å². The zero-order chi connectivity index (χ0) is 12.3. The molecule has 0 aromatic heterocycles. The minimum Gasteiger partial charge on any atom is -0.381 e. The second kappa shape index (κ2) is 5.16. The van der Waals surface area contributed by atoms with Crippen LogP contribution < -0.4 is 14.8 Å². The number of hydrogen-bond donors (Lipinski definition) is 3. The van der Waals surface area contributed by atoms with Crippen molar-refractivity contribution in [1.82, 2.24) is 14.8 Å². The Balaban J connectivity index is 5.58. The van der Waals surface area contributed by atoms with E-state index in [2.05, 4.69) is 17.5 Å². The minimum absolute atomic E-state index is 0.293. The summed E-state index contributed by atoms with van der Waals surface area (Å²) >= 11 is 4.66. The van der Waals surface area contributed by atoms with Gasteiger partial charge in [-0.3, -0.25) is 0 Å². The fourth-order valence-corrected chi connectivity index (χ4v) is 4.68. The highest BCUT2D eigenvalue weighted by Crippen LogP contribution is 2.07. The standard InChI is InChI=1S/C5H13N3O4S3/c1-6-4(13)5(14(9,10)7-2)15(11,12)8-3/h5,7-8H,1-3H3,(H,6,13). The molecule has 0 aromatic rings. The zero-order valence-electron chi connectivity index (χ0n) is 8.44.